The number of methoxy groups -OCH3 is 1. The highest BCUT2D eigenvalue weighted by atomic mass is 16.5. The third kappa shape index (κ3) is 3.54. The number of imidazole rings is 1. The van der Waals surface area contributed by atoms with Gasteiger partial charge in [-0.05, 0) is 29.8 Å². The first-order valence-corrected chi connectivity index (χ1v) is 9.39. The van der Waals surface area contributed by atoms with Gasteiger partial charge >= 0.3 is 5.69 Å². The number of rotatable bonds is 6. The first-order valence-electron chi connectivity index (χ1n) is 9.39. The second-order valence-electron chi connectivity index (χ2n) is 6.77. The number of nitrogens with zero attached hydrogens (tertiary/aromatic N) is 4. The number of ether oxygens (including phenoxy) is 1. The molecule has 0 saturated carbocycles. The van der Waals surface area contributed by atoms with E-state index < -0.39 is 11.2 Å². The van der Waals surface area contributed by atoms with Gasteiger partial charge in [0, 0.05) is 19.2 Å². The van der Waals surface area contributed by atoms with Crippen molar-refractivity contribution in [2.24, 2.45) is 0 Å². The number of aromatic amines is 1. The summed E-state index contributed by atoms with van der Waals surface area (Å²) >= 11 is 0. The Morgan fingerprint density at radius 2 is 1.80 bits per heavy atom. The zero-order valence-electron chi connectivity index (χ0n) is 16.3. The van der Waals surface area contributed by atoms with Gasteiger partial charge in [0.1, 0.15) is 5.82 Å². The van der Waals surface area contributed by atoms with Crippen LogP contribution in [0.15, 0.2) is 64.2 Å². The van der Waals surface area contributed by atoms with E-state index >= 15 is 0 Å². The Morgan fingerprint density at radius 3 is 2.47 bits per heavy atom. The van der Waals surface area contributed by atoms with Crippen LogP contribution in [-0.4, -0.2) is 32.8 Å². The summed E-state index contributed by atoms with van der Waals surface area (Å²) in [4.78, 5) is 32.3. The smallest absolute Gasteiger partial charge is 0.330 e. The van der Waals surface area contributed by atoms with E-state index in [0.717, 1.165) is 11.1 Å². The van der Waals surface area contributed by atoms with E-state index in [0.29, 0.717) is 35.7 Å². The van der Waals surface area contributed by atoms with Crippen LogP contribution in [0.1, 0.15) is 11.1 Å². The van der Waals surface area contributed by atoms with Gasteiger partial charge in [0.2, 0.25) is 0 Å². The molecule has 1 N–H and O–H groups in total. The van der Waals surface area contributed by atoms with Gasteiger partial charge in [0.05, 0.1) is 24.8 Å². The summed E-state index contributed by atoms with van der Waals surface area (Å²) in [6.07, 6.45) is 0. The van der Waals surface area contributed by atoms with E-state index in [1.165, 1.54) is 4.57 Å². The van der Waals surface area contributed by atoms with Crippen LogP contribution in [0.5, 0.6) is 0 Å². The molecule has 8 heteroatoms. The molecule has 4 aromatic rings. The van der Waals surface area contributed by atoms with Crippen molar-refractivity contribution in [2.45, 2.75) is 13.1 Å². The Kier molecular flexibility index (Phi) is 5.28. The van der Waals surface area contributed by atoms with Gasteiger partial charge < -0.3 is 9.30 Å². The number of nitrogens with one attached hydrogen (secondary N) is 1. The molecule has 2 aromatic carbocycles. The third-order valence-electron chi connectivity index (χ3n) is 4.86. The Balaban J connectivity index is 1.99. The number of fused-ring (bicyclic) bond motifs is 1. The third-order valence-corrected chi connectivity index (χ3v) is 4.86. The standard InChI is InChI=1S/C22H19N5O3/c1-30-12-11-26-20-18(21(28)25-22(26)29)27(14-16-5-3-2-4-6-16)19(24-20)17-9-7-15(13-23)8-10-17/h2-10H,11-12,14H2,1H3,(H,25,28,29). The van der Waals surface area contributed by atoms with E-state index in [9.17, 15) is 9.59 Å². The minimum atomic E-state index is -0.528. The second-order valence-corrected chi connectivity index (χ2v) is 6.77. The molecule has 0 aliphatic carbocycles. The van der Waals surface area contributed by atoms with Crippen molar-refractivity contribution >= 4 is 11.2 Å². The summed E-state index contributed by atoms with van der Waals surface area (Å²) in [6, 6.07) is 18.8. The fraction of sp³-hybridized carbons (Fsp3) is 0.182. The zero-order valence-corrected chi connectivity index (χ0v) is 16.3. The van der Waals surface area contributed by atoms with E-state index in [1.807, 2.05) is 30.3 Å². The van der Waals surface area contributed by atoms with Crippen molar-refractivity contribution in [3.8, 4) is 17.5 Å². The first-order chi connectivity index (χ1) is 14.6. The lowest BCUT2D eigenvalue weighted by molar-refractivity contribution is 0.187. The van der Waals surface area contributed by atoms with Crippen LogP contribution in [0, 0.1) is 11.3 Å². The maximum absolute atomic E-state index is 12.8. The number of benzene rings is 2. The highest BCUT2D eigenvalue weighted by Crippen LogP contribution is 2.24. The lowest BCUT2D eigenvalue weighted by Crippen LogP contribution is -2.32. The van der Waals surface area contributed by atoms with Gasteiger partial charge in [-0.15, -0.1) is 0 Å². The van der Waals surface area contributed by atoms with Gasteiger partial charge in [-0.1, -0.05) is 30.3 Å². The van der Waals surface area contributed by atoms with E-state index in [1.54, 1.807) is 35.9 Å². The van der Waals surface area contributed by atoms with Crippen LogP contribution in [0.3, 0.4) is 0 Å². The molecule has 0 aliphatic rings. The summed E-state index contributed by atoms with van der Waals surface area (Å²) in [5.41, 5.74) is 1.85. The number of hydrogen-bond donors (Lipinski definition) is 1. The molecule has 0 aliphatic heterocycles. The van der Waals surface area contributed by atoms with Gasteiger partial charge in [-0.25, -0.2) is 9.78 Å². The van der Waals surface area contributed by atoms with Crippen LogP contribution in [0.25, 0.3) is 22.6 Å². The predicted molar refractivity (Wildman–Crippen MR) is 112 cm³/mol. The normalized spacial score (nSPS) is 10.9. The average Bonchev–Trinajstić information content (AvgIpc) is 3.14. The van der Waals surface area contributed by atoms with Crippen LogP contribution < -0.4 is 11.2 Å². The van der Waals surface area contributed by atoms with Crippen LogP contribution >= 0.6 is 0 Å². The van der Waals surface area contributed by atoms with Crippen molar-refractivity contribution < 1.29 is 4.74 Å². The summed E-state index contributed by atoms with van der Waals surface area (Å²) in [7, 11) is 1.55. The number of nitriles is 1. The highest BCUT2D eigenvalue weighted by molar-refractivity contribution is 5.77. The molecule has 0 bridgehead atoms. The Labute approximate surface area is 171 Å². The van der Waals surface area contributed by atoms with Gasteiger partial charge in [0.15, 0.2) is 11.2 Å². The lowest BCUT2D eigenvalue weighted by atomic mass is 10.1. The first kappa shape index (κ1) is 19.4. The van der Waals surface area contributed by atoms with Gasteiger partial charge in [-0.3, -0.25) is 14.3 Å². The molecule has 0 unspecified atom stereocenters. The molecule has 150 valence electrons. The van der Waals surface area contributed by atoms with Gasteiger partial charge in [0.25, 0.3) is 5.56 Å². The fourth-order valence-electron chi connectivity index (χ4n) is 3.40. The number of H-pyrrole nitrogens is 1. The van der Waals surface area contributed by atoms with Crippen molar-refractivity contribution in [1.82, 2.24) is 19.1 Å². The fourth-order valence-corrected chi connectivity index (χ4v) is 3.40. The minimum Gasteiger partial charge on any atom is -0.383 e. The van der Waals surface area contributed by atoms with E-state index in [-0.39, 0.29) is 6.54 Å². The summed E-state index contributed by atoms with van der Waals surface area (Å²) < 4.78 is 8.32. The second kappa shape index (κ2) is 8.19. The molecule has 0 fully saturated rings. The quantitative estimate of drug-likeness (QED) is 0.533. The number of hydrogen-bond acceptors (Lipinski definition) is 5. The number of aromatic nitrogens is 4. The van der Waals surface area contributed by atoms with Crippen molar-refractivity contribution in [1.29, 1.82) is 5.26 Å². The maximum Gasteiger partial charge on any atom is 0.330 e. The van der Waals surface area contributed by atoms with Crippen molar-refractivity contribution in [3.63, 3.8) is 0 Å². The molecular formula is C22H19N5O3. The maximum atomic E-state index is 12.8. The summed E-state index contributed by atoms with van der Waals surface area (Å²) in [5, 5.41) is 9.08. The minimum absolute atomic E-state index is 0.262. The zero-order chi connectivity index (χ0) is 21.1. The highest BCUT2D eigenvalue weighted by Gasteiger charge is 2.20. The van der Waals surface area contributed by atoms with Crippen LogP contribution in [-0.2, 0) is 17.8 Å². The van der Waals surface area contributed by atoms with Gasteiger partial charge in [-0.2, -0.15) is 5.26 Å². The summed E-state index contributed by atoms with van der Waals surface area (Å²) in [5.74, 6) is 0.542. The largest absolute Gasteiger partial charge is 0.383 e. The molecular weight excluding hydrogens is 382 g/mol. The van der Waals surface area contributed by atoms with Crippen molar-refractivity contribution in [2.75, 3.05) is 13.7 Å². The molecule has 0 amide bonds. The van der Waals surface area contributed by atoms with Crippen LogP contribution in [0.2, 0.25) is 0 Å². The monoisotopic (exact) mass is 401 g/mol. The predicted octanol–water partition coefficient (Wildman–Crippen LogP) is 2.12. The molecule has 2 aromatic heterocycles. The molecule has 0 spiro atoms. The molecule has 30 heavy (non-hydrogen) atoms. The van der Waals surface area contributed by atoms with E-state index in [2.05, 4.69) is 16.0 Å². The molecule has 0 saturated heterocycles. The van der Waals surface area contributed by atoms with Crippen LogP contribution in [0.4, 0.5) is 0 Å². The topological polar surface area (TPSA) is 106 Å². The molecule has 2 heterocycles. The molecule has 0 radical (unpaired) electrons. The Hall–Kier alpha value is -3.96. The average molecular weight is 401 g/mol. The molecule has 8 nitrogen and oxygen atoms in total. The SMILES string of the molecule is COCCn1c(=O)[nH]c(=O)c2c1nc(-c1ccc(C#N)cc1)n2Cc1ccccc1. The summed E-state index contributed by atoms with van der Waals surface area (Å²) in [6.45, 7) is 0.967. The Bertz CT molecular complexity index is 1340. The molecule has 0 atom stereocenters. The Morgan fingerprint density at radius 1 is 1.07 bits per heavy atom. The van der Waals surface area contributed by atoms with E-state index in [4.69, 9.17) is 10.00 Å². The molecule has 4 rings (SSSR count). The lowest BCUT2D eigenvalue weighted by Gasteiger charge is -2.10. The van der Waals surface area contributed by atoms with Crippen molar-refractivity contribution in [3.05, 3.63) is 86.6 Å².